The first kappa shape index (κ1) is 20.2. The van der Waals surface area contributed by atoms with E-state index in [0.717, 1.165) is 11.8 Å². The van der Waals surface area contributed by atoms with E-state index in [0.29, 0.717) is 4.47 Å². The lowest BCUT2D eigenvalue weighted by molar-refractivity contribution is -0.143. The molecule has 1 amide bonds. The highest BCUT2D eigenvalue weighted by Gasteiger charge is 2.50. The number of amides is 1. The lowest BCUT2D eigenvalue weighted by Gasteiger charge is -2.25. The Balaban J connectivity index is 1.89. The molecule has 2 unspecified atom stereocenters. The van der Waals surface area contributed by atoms with Gasteiger partial charge in [0.15, 0.2) is 15.0 Å². The molecule has 0 bridgehead atoms. The van der Waals surface area contributed by atoms with E-state index in [1.807, 2.05) is 0 Å². The van der Waals surface area contributed by atoms with E-state index in [2.05, 4.69) is 20.9 Å². The van der Waals surface area contributed by atoms with Gasteiger partial charge in [-0.15, -0.1) is 0 Å². The molecule has 2 fully saturated rings. The third-order valence-electron chi connectivity index (χ3n) is 3.91. The van der Waals surface area contributed by atoms with Crippen molar-refractivity contribution in [2.75, 3.05) is 29.6 Å². The summed E-state index contributed by atoms with van der Waals surface area (Å²) >= 11 is 4.26. The van der Waals surface area contributed by atoms with Gasteiger partial charge in [-0.25, -0.2) is 17.6 Å². The Morgan fingerprint density at radius 2 is 2.11 bits per heavy atom. The van der Waals surface area contributed by atoms with E-state index in [-0.39, 0.29) is 27.6 Å². The van der Waals surface area contributed by atoms with E-state index in [1.165, 1.54) is 17.0 Å². The predicted octanol–water partition coefficient (Wildman–Crippen LogP) is 1.29. The van der Waals surface area contributed by atoms with Crippen molar-refractivity contribution in [1.29, 1.82) is 0 Å². The number of rotatable bonds is 5. The third-order valence-corrected chi connectivity index (χ3v) is 7.61. The molecule has 12 heteroatoms. The van der Waals surface area contributed by atoms with Crippen molar-refractivity contribution in [1.82, 2.24) is 0 Å². The minimum Gasteiger partial charge on any atom is -0.480 e. The molecule has 8 nitrogen and oxygen atoms in total. The Bertz CT molecular complexity index is 923. The van der Waals surface area contributed by atoms with Gasteiger partial charge in [-0.3, -0.25) is 4.79 Å². The first-order valence-electron chi connectivity index (χ1n) is 7.69. The van der Waals surface area contributed by atoms with Crippen molar-refractivity contribution in [3.8, 4) is 0 Å². The molecule has 0 saturated carbocycles. The summed E-state index contributed by atoms with van der Waals surface area (Å²) in [7, 11) is -3.27. The molecule has 0 aromatic heterocycles. The van der Waals surface area contributed by atoms with Crippen LogP contribution < -0.4 is 4.90 Å². The minimum absolute atomic E-state index is 0.0836. The van der Waals surface area contributed by atoms with Gasteiger partial charge in [-0.05, 0) is 18.2 Å². The summed E-state index contributed by atoms with van der Waals surface area (Å²) in [6, 6.07) is 3.79. The second-order valence-corrected chi connectivity index (χ2v) is 10.2. The highest BCUT2D eigenvalue weighted by molar-refractivity contribution is 9.10. The predicted molar refractivity (Wildman–Crippen MR) is 101 cm³/mol. The van der Waals surface area contributed by atoms with Crippen LogP contribution in [0.3, 0.4) is 0 Å². The molecule has 2 heterocycles. The second-order valence-electron chi connectivity index (χ2n) is 5.94. The van der Waals surface area contributed by atoms with Gasteiger partial charge in [0.2, 0.25) is 0 Å². The number of ether oxygens (including phenoxy) is 1. The van der Waals surface area contributed by atoms with Gasteiger partial charge in [0.25, 0.3) is 5.91 Å². The SMILES string of the molecule is O=C(O)COCC(=O)N=C1SC2CS(=O)(=O)CC2N1c1ccc(Br)cc1F. The van der Waals surface area contributed by atoms with Crippen LogP contribution in [0.15, 0.2) is 27.7 Å². The van der Waals surface area contributed by atoms with Crippen molar-refractivity contribution in [3.63, 3.8) is 0 Å². The van der Waals surface area contributed by atoms with E-state index in [4.69, 9.17) is 9.84 Å². The molecule has 2 aliphatic rings. The third kappa shape index (κ3) is 4.68. The number of carbonyl (C=O) groups is 2. The molecular formula is C15H14BrFN2O6S2. The molecule has 3 rings (SSSR count). The summed E-state index contributed by atoms with van der Waals surface area (Å²) < 4.78 is 43.7. The summed E-state index contributed by atoms with van der Waals surface area (Å²) in [6.45, 7) is -1.18. The fourth-order valence-corrected chi connectivity index (χ4v) is 7.14. The number of fused-ring (bicyclic) bond motifs is 1. The van der Waals surface area contributed by atoms with Gasteiger partial charge < -0.3 is 14.7 Å². The van der Waals surface area contributed by atoms with Gasteiger partial charge in [-0.2, -0.15) is 4.99 Å². The Hall–Kier alpha value is -1.50. The maximum Gasteiger partial charge on any atom is 0.329 e. The minimum atomic E-state index is -3.27. The topological polar surface area (TPSA) is 113 Å². The lowest BCUT2D eigenvalue weighted by atomic mass is 10.2. The summed E-state index contributed by atoms with van der Waals surface area (Å²) in [5.74, 6) is -2.78. The van der Waals surface area contributed by atoms with Crippen LogP contribution in [0.2, 0.25) is 0 Å². The van der Waals surface area contributed by atoms with Crippen LogP contribution in [0.1, 0.15) is 0 Å². The molecule has 1 N–H and O–H groups in total. The van der Waals surface area contributed by atoms with E-state index in [9.17, 15) is 22.4 Å². The van der Waals surface area contributed by atoms with Crippen LogP contribution in [-0.4, -0.2) is 66.6 Å². The van der Waals surface area contributed by atoms with Crippen molar-refractivity contribution in [2.24, 2.45) is 4.99 Å². The number of amidine groups is 1. The monoisotopic (exact) mass is 480 g/mol. The number of aliphatic imine (C=N–C) groups is 1. The molecule has 0 aliphatic carbocycles. The number of anilines is 1. The molecule has 0 spiro atoms. The van der Waals surface area contributed by atoms with Gasteiger partial charge >= 0.3 is 5.97 Å². The first-order valence-corrected chi connectivity index (χ1v) is 11.2. The largest absolute Gasteiger partial charge is 0.480 e. The number of thioether (sulfide) groups is 1. The number of halogens is 2. The molecule has 146 valence electrons. The van der Waals surface area contributed by atoms with Crippen molar-refractivity contribution >= 4 is 60.3 Å². The zero-order chi connectivity index (χ0) is 19.8. The zero-order valence-corrected chi connectivity index (χ0v) is 16.9. The van der Waals surface area contributed by atoms with Crippen LogP contribution in [0, 0.1) is 5.82 Å². The molecule has 2 aliphatic heterocycles. The number of carbonyl (C=O) groups excluding carboxylic acids is 1. The van der Waals surface area contributed by atoms with Crippen LogP contribution in [0.5, 0.6) is 0 Å². The van der Waals surface area contributed by atoms with Crippen LogP contribution in [0.25, 0.3) is 0 Å². The Morgan fingerprint density at radius 1 is 1.37 bits per heavy atom. The standard InChI is InChI=1S/C15H14BrFN2O6S2/c16-8-1-2-10(9(17)3-8)19-11-6-27(23,24)7-12(11)26-15(19)18-13(20)4-25-5-14(21)22/h1-3,11-12H,4-7H2,(H,21,22). The number of sulfone groups is 1. The number of benzene rings is 1. The number of nitrogens with zero attached hydrogens (tertiary/aromatic N) is 2. The molecule has 2 atom stereocenters. The first-order chi connectivity index (χ1) is 12.7. The Morgan fingerprint density at radius 3 is 2.78 bits per heavy atom. The molecule has 1 aromatic carbocycles. The fourth-order valence-electron chi connectivity index (χ4n) is 2.89. The maximum absolute atomic E-state index is 14.5. The normalized spacial score (nSPS) is 25.0. The number of hydrogen-bond acceptors (Lipinski definition) is 6. The average Bonchev–Trinajstić information content (AvgIpc) is 2.98. The summed E-state index contributed by atoms with van der Waals surface area (Å²) in [5, 5.41) is 8.33. The molecular weight excluding hydrogens is 467 g/mol. The Kier molecular flexibility index (Phi) is 5.89. The highest BCUT2D eigenvalue weighted by Crippen LogP contribution is 2.42. The zero-order valence-electron chi connectivity index (χ0n) is 13.7. The summed E-state index contributed by atoms with van der Waals surface area (Å²) in [4.78, 5) is 27.7. The van der Waals surface area contributed by atoms with Crippen LogP contribution in [0.4, 0.5) is 10.1 Å². The number of aliphatic carboxylic acids is 1. The number of hydrogen-bond donors (Lipinski definition) is 1. The smallest absolute Gasteiger partial charge is 0.329 e. The van der Waals surface area contributed by atoms with Crippen molar-refractivity contribution in [2.45, 2.75) is 11.3 Å². The second kappa shape index (κ2) is 7.86. The summed E-state index contributed by atoms with van der Waals surface area (Å²) in [6.07, 6.45) is 0. The average molecular weight is 481 g/mol. The number of carboxylic acids is 1. The van der Waals surface area contributed by atoms with Gasteiger partial charge in [-0.1, -0.05) is 27.7 Å². The Labute approximate surface area is 166 Å². The molecule has 0 radical (unpaired) electrons. The lowest BCUT2D eigenvalue weighted by Crippen LogP contribution is -2.38. The van der Waals surface area contributed by atoms with Crippen molar-refractivity contribution < 1.29 is 32.2 Å². The molecule has 27 heavy (non-hydrogen) atoms. The van der Waals surface area contributed by atoms with E-state index in [1.54, 1.807) is 6.07 Å². The maximum atomic E-state index is 14.5. The van der Waals surface area contributed by atoms with Crippen LogP contribution >= 0.6 is 27.7 Å². The quantitative estimate of drug-likeness (QED) is 0.670. The summed E-state index contributed by atoms with van der Waals surface area (Å²) in [5.41, 5.74) is 0.119. The molecule has 1 aromatic rings. The van der Waals surface area contributed by atoms with Gasteiger partial charge in [0.1, 0.15) is 19.0 Å². The van der Waals surface area contributed by atoms with Crippen molar-refractivity contribution in [3.05, 3.63) is 28.5 Å². The number of carboxylic acid groups (broad SMARTS) is 1. The van der Waals surface area contributed by atoms with Gasteiger partial charge in [0, 0.05) is 9.72 Å². The van der Waals surface area contributed by atoms with Gasteiger partial charge in [0.05, 0.1) is 23.2 Å². The van der Waals surface area contributed by atoms with E-state index >= 15 is 0 Å². The highest BCUT2D eigenvalue weighted by atomic mass is 79.9. The van der Waals surface area contributed by atoms with E-state index < -0.39 is 46.8 Å². The fraction of sp³-hybridized carbons (Fsp3) is 0.400. The van der Waals surface area contributed by atoms with Crippen LogP contribution in [-0.2, 0) is 24.2 Å². The molecule has 2 saturated heterocycles.